The summed E-state index contributed by atoms with van der Waals surface area (Å²) in [4.78, 5) is 18.0. The Bertz CT molecular complexity index is 943. The molecule has 0 unspecified atom stereocenters. The summed E-state index contributed by atoms with van der Waals surface area (Å²) in [5, 5.41) is 10.2. The van der Waals surface area contributed by atoms with Crippen LogP contribution in [0.4, 0.5) is 5.69 Å². The molecule has 3 aliphatic heterocycles. The summed E-state index contributed by atoms with van der Waals surface area (Å²) >= 11 is 0. The lowest BCUT2D eigenvalue weighted by Crippen LogP contribution is -2.70. The third-order valence-corrected chi connectivity index (χ3v) is 7.22. The number of nitrogens with zero attached hydrogens (tertiary/aromatic N) is 2. The maximum absolute atomic E-state index is 13.6. The van der Waals surface area contributed by atoms with Crippen LogP contribution in [0.5, 0.6) is 5.75 Å². The largest absolute Gasteiger partial charge is 0.496 e. The lowest BCUT2D eigenvalue weighted by molar-refractivity contribution is -0.0625. The lowest BCUT2D eigenvalue weighted by atomic mass is 9.71. The predicted octanol–water partition coefficient (Wildman–Crippen LogP) is 2.91. The number of methoxy groups -OCH3 is 1. The average molecular weight is 423 g/mol. The lowest BCUT2D eigenvalue weighted by Gasteiger charge is -2.60. The molecule has 0 aliphatic carbocycles. The van der Waals surface area contributed by atoms with Crippen molar-refractivity contribution in [2.75, 3.05) is 44.9 Å². The normalized spacial score (nSPS) is 26.0. The quantitative estimate of drug-likeness (QED) is 0.803. The molecular formula is C25H30N2O4. The van der Waals surface area contributed by atoms with E-state index < -0.39 is 0 Å². The summed E-state index contributed by atoms with van der Waals surface area (Å²) in [5.74, 6) is 1.39. The zero-order valence-electron chi connectivity index (χ0n) is 17.9. The molecule has 6 nitrogen and oxygen atoms in total. The van der Waals surface area contributed by atoms with E-state index in [4.69, 9.17) is 9.47 Å². The van der Waals surface area contributed by atoms with Gasteiger partial charge in [-0.3, -0.25) is 9.69 Å². The van der Waals surface area contributed by atoms with E-state index >= 15 is 0 Å². The van der Waals surface area contributed by atoms with Crippen molar-refractivity contribution in [3.63, 3.8) is 0 Å². The van der Waals surface area contributed by atoms with Gasteiger partial charge in [0.05, 0.1) is 19.3 Å². The summed E-state index contributed by atoms with van der Waals surface area (Å²) in [6.45, 7) is 3.35. The van der Waals surface area contributed by atoms with Gasteiger partial charge < -0.3 is 19.5 Å². The minimum absolute atomic E-state index is 0.0400. The van der Waals surface area contributed by atoms with Crippen molar-refractivity contribution < 1.29 is 19.4 Å². The fraction of sp³-hybridized carbons (Fsp3) is 0.480. The molecule has 2 fully saturated rings. The monoisotopic (exact) mass is 422 g/mol. The SMILES string of the molecule is COc1ccccc1C(=O)N1C[C@@H]2[C@@H](c3ccccc31)[C@H](CO)N2CC1CCOCC1. The van der Waals surface area contributed by atoms with E-state index in [0.717, 1.165) is 43.9 Å². The zero-order chi connectivity index (χ0) is 21.4. The van der Waals surface area contributed by atoms with E-state index in [-0.39, 0.29) is 30.5 Å². The van der Waals surface area contributed by atoms with Crippen LogP contribution >= 0.6 is 0 Å². The van der Waals surface area contributed by atoms with Gasteiger partial charge in [0.2, 0.25) is 0 Å². The number of carbonyl (C=O) groups excluding carboxylic acids is 1. The van der Waals surface area contributed by atoms with Crippen molar-refractivity contribution >= 4 is 11.6 Å². The molecule has 0 aromatic heterocycles. The molecule has 3 aliphatic rings. The van der Waals surface area contributed by atoms with Gasteiger partial charge in [0.15, 0.2) is 0 Å². The van der Waals surface area contributed by atoms with Gasteiger partial charge in [0.25, 0.3) is 5.91 Å². The molecule has 6 heteroatoms. The van der Waals surface area contributed by atoms with Gasteiger partial charge in [-0.1, -0.05) is 30.3 Å². The maximum Gasteiger partial charge on any atom is 0.262 e. The number of carbonyl (C=O) groups is 1. The molecule has 3 heterocycles. The number of hydrogen-bond donors (Lipinski definition) is 1. The number of ether oxygens (including phenoxy) is 2. The second kappa shape index (κ2) is 8.61. The summed E-state index contributed by atoms with van der Waals surface area (Å²) in [7, 11) is 1.60. The van der Waals surface area contributed by atoms with Crippen molar-refractivity contribution in [2.45, 2.75) is 30.8 Å². The molecule has 164 valence electrons. The summed E-state index contributed by atoms with van der Waals surface area (Å²) in [6, 6.07) is 15.9. The number of hydrogen-bond acceptors (Lipinski definition) is 5. The van der Waals surface area contributed by atoms with Crippen molar-refractivity contribution in [1.29, 1.82) is 0 Å². The van der Waals surface area contributed by atoms with Crippen molar-refractivity contribution in [2.24, 2.45) is 5.92 Å². The number of rotatable bonds is 5. The van der Waals surface area contributed by atoms with Crippen LogP contribution in [0, 0.1) is 5.92 Å². The third-order valence-electron chi connectivity index (χ3n) is 7.22. The summed E-state index contributed by atoms with van der Waals surface area (Å²) in [5.41, 5.74) is 2.68. The Kier molecular flexibility index (Phi) is 5.69. The maximum atomic E-state index is 13.6. The first-order valence-electron chi connectivity index (χ1n) is 11.2. The number of benzene rings is 2. The molecule has 0 bridgehead atoms. The molecule has 2 aromatic rings. The third kappa shape index (κ3) is 3.53. The number of likely N-dealkylation sites (tertiary alicyclic amines) is 1. The number of anilines is 1. The topological polar surface area (TPSA) is 62.2 Å². The first kappa shape index (κ1) is 20.5. The van der Waals surface area contributed by atoms with Crippen LogP contribution in [-0.4, -0.2) is 68.0 Å². The van der Waals surface area contributed by atoms with E-state index in [1.165, 1.54) is 0 Å². The van der Waals surface area contributed by atoms with Crippen molar-refractivity contribution in [1.82, 2.24) is 4.90 Å². The molecule has 31 heavy (non-hydrogen) atoms. The Morgan fingerprint density at radius 2 is 1.87 bits per heavy atom. The molecule has 2 aromatic carbocycles. The predicted molar refractivity (Wildman–Crippen MR) is 119 cm³/mol. The Morgan fingerprint density at radius 1 is 1.13 bits per heavy atom. The molecule has 1 amide bonds. The average Bonchev–Trinajstić information content (AvgIpc) is 2.82. The molecule has 2 saturated heterocycles. The molecule has 0 radical (unpaired) electrons. The number of amides is 1. The van der Waals surface area contributed by atoms with Gasteiger partial charge in [-0.2, -0.15) is 0 Å². The van der Waals surface area contributed by atoms with Crippen LogP contribution in [0.3, 0.4) is 0 Å². The van der Waals surface area contributed by atoms with Gasteiger partial charge in [-0.15, -0.1) is 0 Å². The molecule has 0 saturated carbocycles. The Morgan fingerprint density at radius 3 is 2.65 bits per heavy atom. The van der Waals surface area contributed by atoms with E-state index in [1.807, 2.05) is 47.4 Å². The number of para-hydroxylation sites is 2. The van der Waals surface area contributed by atoms with Gasteiger partial charge >= 0.3 is 0 Å². The molecule has 5 rings (SSSR count). The highest BCUT2D eigenvalue weighted by atomic mass is 16.5. The van der Waals surface area contributed by atoms with Gasteiger partial charge in [-0.25, -0.2) is 0 Å². The fourth-order valence-corrected chi connectivity index (χ4v) is 5.62. The number of aliphatic hydroxyl groups is 1. The van der Waals surface area contributed by atoms with E-state index in [1.54, 1.807) is 7.11 Å². The highest BCUT2D eigenvalue weighted by Crippen LogP contribution is 2.49. The Balaban J connectivity index is 1.47. The van der Waals surface area contributed by atoms with Crippen LogP contribution in [0.15, 0.2) is 48.5 Å². The minimum atomic E-state index is -0.0400. The Labute approximate surface area is 183 Å². The summed E-state index contributed by atoms with van der Waals surface area (Å²) < 4.78 is 11.0. The van der Waals surface area contributed by atoms with E-state index in [0.29, 0.717) is 23.8 Å². The molecule has 3 atom stereocenters. The fourth-order valence-electron chi connectivity index (χ4n) is 5.62. The zero-order valence-corrected chi connectivity index (χ0v) is 17.9. The highest BCUT2D eigenvalue weighted by molar-refractivity contribution is 6.08. The minimum Gasteiger partial charge on any atom is -0.496 e. The molecular weight excluding hydrogens is 392 g/mol. The van der Waals surface area contributed by atoms with Crippen LogP contribution in [0.2, 0.25) is 0 Å². The van der Waals surface area contributed by atoms with Crippen LogP contribution in [0.25, 0.3) is 0 Å². The van der Waals surface area contributed by atoms with Crippen LogP contribution < -0.4 is 9.64 Å². The van der Waals surface area contributed by atoms with Crippen molar-refractivity contribution in [3.8, 4) is 5.75 Å². The smallest absolute Gasteiger partial charge is 0.262 e. The first-order chi connectivity index (χ1) is 15.2. The highest BCUT2D eigenvalue weighted by Gasteiger charge is 2.53. The van der Waals surface area contributed by atoms with Crippen LogP contribution in [-0.2, 0) is 4.74 Å². The first-order valence-corrected chi connectivity index (χ1v) is 11.2. The van der Waals surface area contributed by atoms with E-state index in [9.17, 15) is 9.90 Å². The molecule has 1 N–H and O–H groups in total. The summed E-state index contributed by atoms with van der Waals surface area (Å²) in [6.07, 6.45) is 2.12. The van der Waals surface area contributed by atoms with Crippen molar-refractivity contribution in [3.05, 3.63) is 59.7 Å². The van der Waals surface area contributed by atoms with Gasteiger partial charge in [-0.05, 0) is 42.5 Å². The standard InChI is InChI=1S/C25H30N2O4/c1-30-23-9-5-3-7-19(23)25(29)27-15-21-24(18-6-2-4-8-20(18)27)22(16-28)26(21)14-17-10-12-31-13-11-17/h2-9,17,21-22,24,28H,10-16H2,1H3/t21-,22+,24-/m1/s1. The Hall–Kier alpha value is -2.41. The second-order valence-corrected chi connectivity index (χ2v) is 8.77. The van der Waals surface area contributed by atoms with Gasteiger partial charge in [0.1, 0.15) is 5.75 Å². The van der Waals surface area contributed by atoms with Crippen LogP contribution in [0.1, 0.15) is 34.7 Å². The van der Waals surface area contributed by atoms with E-state index in [2.05, 4.69) is 11.0 Å². The van der Waals surface area contributed by atoms with Gasteiger partial charge in [0, 0.05) is 50.0 Å². The molecule has 0 spiro atoms. The number of aliphatic hydroxyl groups excluding tert-OH is 1. The number of fused-ring (bicyclic) bond motifs is 3. The second-order valence-electron chi connectivity index (χ2n) is 8.77.